The van der Waals surface area contributed by atoms with Crippen LogP contribution in [0.2, 0.25) is 5.02 Å². The summed E-state index contributed by atoms with van der Waals surface area (Å²) in [5.41, 5.74) is 2.37. The zero-order valence-electron chi connectivity index (χ0n) is 20.0. The molecular formula is C25H34ClN5O2S. The molecule has 184 valence electrons. The average molecular weight is 504 g/mol. The summed E-state index contributed by atoms with van der Waals surface area (Å²) in [7, 11) is -0.878. The molecule has 0 N–H and O–H groups in total. The summed E-state index contributed by atoms with van der Waals surface area (Å²) in [5, 5.41) is 0.689. The number of aryl methyl sites for hydroxylation is 1. The Kier molecular flexibility index (Phi) is 7.39. The van der Waals surface area contributed by atoms with Crippen LogP contribution in [0, 0.1) is 11.8 Å². The zero-order chi connectivity index (χ0) is 23.7. The van der Waals surface area contributed by atoms with Crippen LogP contribution in [0.5, 0.6) is 5.75 Å². The first-order valence-electron chi connectivity index (χ1n) is 12.3. The highest BCUT2D eigenvalue weighted by atomic mass is 35.5. The second kappa shape index (κ2) is 10.5. The van der Waals surface area contributed by atoms with E-state index in [0.717, 1.165) is 76.8 Å². The van der Waals surface area contributed by atoms with E-state index in [1.165, 1.54) is 11.1 Å². The molecule has 7 nitrogen and oxygen atoms in total. The van der Waals surface area contributed by atoms with Gasteiger partial charge in [0.1, 0.15) is 5.75 Å². The fourth-order valence-corrected chi connectivity index (χ4v) is 6.44. The van der Waals surface area contributed by atoms with Gasteiger partial charge >= 0.3 is 0 Å². The lowest BCUT2D eigenvalue weighted by Gasteiger charge is -2.33. The Morgan fingerprint density at radius 2 is 1.74 bits per heavy atom. The van der Waals surface area contributed by atoms with Crippen LogP contribution in [-0.4, -0.2) is 75.0 Å². The molecule has 1 aromatic heterocycles. The van der Waals surface area contributed by atoms with Crippen molar-refractivity contribution >= 4 is 28.5 Å². The fourth-order valence-electron chi connectivity index (χ4n) is 5.52. The largest absolute Gasteiger partial charge is 0.489 e. The number of aromatic nitrogens is 2. The van der Waals surface area contributed by atoms with Crippen LogP contribution in [0.15, 0.2) is 30.6 Å². The third-order valence-electron chi connectivity index (χ3n) is 7.48. The van der Waals surface area contributed by atoms with Gasteiger partial charge in [-0.25, -0.2) is 18.5 Å². The van der Waals surface area contributed by atoms with E-state index in [-0.39, 0.29) is 6.10 Å². The standard InChI is InChI=1S/C25H34ClN5O2S/c1-3-18-13-27-25(28-14-18)30-16-20-11-22(12-21(20)17-30)33-24-5-4-19(10-23(24)26)15-29-6-8-31(9-7-29)34(2)32/h4-5,10,13-14,20-22H,3,6-9,11-12,15-17H2,1-2H3. The van der Waals surface area contributed by atoms with Crippen molar-refractivity contribution in [1.29, 1.82) is 0 Å². The van der Waals surface area contributed by atoms with Crippen LogP contribution < -0.4 is 9.64 Å². The van der Waals surface area contributed by atoms with Crippen molar-refractivity contribution in [3.8, 4) is 5.75 Å². The van der Waals surface area contributed by atoms with Crippen molar-refractivity contribution in [2.75, 3.05) is 50.4 Å². The highest BCUT2D eigenvalue weighted by Crippen LogP contribution is 2.41. The highest BCUT2D eigenvalue weighted by molar-refractivity contribution is 7.81. The summed E-state index contributed by atoms with van der Waals surface area (Å²) in [4.78, 5) is 13.8. The highest BCUT2D eigenvalue weighted by Gasteiger charge is 2.42. The topological polar surface area (TPSA) is 61.8 Å². The van der Waals surface area contributed by atoms with Gasteiger partial charge in [-0.05, 0) is 54.4 Å². The maximum absolute atomic E-state index is 11.6. The van der Waals surface area contributed by atoms with E-state index in [9.17, 15) is 4.21 Å². The minimum Gasteiger partial charge on any atom is -0.489 e. The number of halogens is 1. The van der Waals surface area contributed by atoms with Gasteiger partial charge in [0, 0.05) is 64.5 Å². The maximum Gasteiger partial charge on any atom is 0.225 e. The first kappa shape index (κ1) is 24.0. The number of rotatable bonds is 7. The molecule has 2 aliphatic heterocycles. The normalized spacial score (nSPS) is 26.6. The number of nitrogens with zero attached hydrogens (tertiary/aromatic N) is 5. The predicted octanol–water partition coefficient (Wildman–Crippen LogP) is 3.40. The third kappa shape index (κ3) is 5.40. The lowest BCUT2D eigenvalue weighted by molar-refractivity contribution is 0.185. The van der Waals surface area contributed by atoms with Gasteiger partial charge in [0.25, 0.3) is 0 Å². The van der Waals surface area contributed by atoms with Crippen LogP contribution in [0.25, 0.3) is 0 Å². The van der Waals surface area contributed by atoms with Crippen LogP contribution >= 0.6 is 11.6 Å². The van der Waals surface area contributed by atoms with Crippen LogP contribution in [0.4, 0.5) is 5.95 Å². The Morgan fingerprint density at radius 3 is 2.32 bits per heavy atom. The van der Waals surface area contributed by atoms with Crippen molar-refractivity contribution < 1.29 is 8.95 Å². The molecule has 0 spiro atoms. The molecule has 2 aromatic rings. The smallest absolute Gasteiger partial charge is 0.225 e. The number of hydrogen-bond donors (Lipinski definition) is 0. The fraction of sp³-hybridized carbons (Fsp3) is 0.600. The van der Waals surface area contributed by atoms with Crippen LogP contribution in [-0.2, 0) is 24.0 Å². The van der Waals surface area contributed by atoms with Gasteiger partial charge in [0.05, 0.1) is 22.1 Å². The predicted molar refractivity (Wildman–Crippen MR) is 137 cm³/mol. The summed E-state index contributed by atoms with van der Waals surface area (Å²) in [6.07, 6.45) is 8.92. The molecule has 2 saturated heterocycles. The molecule has 1 saturated carbocycles. The van der Waals surface area contributed by atoms with E-state index in [1.54, 1.807) is 6.26 Å². The number of piperazine rings is 1. The molecule has 1 aromatic carbocycles. The van der Waals surface area contributed by atoms with Crippen molar-refractivity contribution in [1.82, 2.24) is 19.2 Å². The van der Waals surface area contributed by atoms with Gasteiger partial charge in [0.15, 0.2) is 0 Å². The van der Waals surface area contributed by atoms with Crippen molar-refractivity contribution in [3.63, 3.8) is 0 Å². The molecule has 3 heterocycles. The zero-order valence-corrected chi connectivity index (χ0v) is 21.6. The van der Waals surface area contributed by atoms with Crippen molar-refractivity contribution in [2.45, 2.75) is 38.8 Å². The summed E-state index contributed by atoms with van der Waals surface area (Å²) in [6.45, 7) is 8.51. The van der Waals surface area contributed by atoms with E-state index in [1.807, 2.05) is 28.8 Å². The van der Waals surface area contributed by atoms with Gasteiger partial charge in [-0.3, -0.25) is 4.90 Å². The Balaban J connectivity index is 1.12. The minimum atomic E-state index is -0.878. The summed E-state index contributed by atoms with van der Waals surface area (Å²) >= 11 is 6.62. The number of fused-ring (bicyclic) bond motifs is 1. The molecular weight excluding hydrogens is 470 g/mol. The number of ether oxygens (including phenoxy) is 1. The monoisotopic (exact) mass is 503 g/mol. The number of hydrogen-bond acceptors (Lipinski definition) is 6. The SMILES string of the molecule is CCc1cnc(N2CC3CC(Oc4ccc(CN5CCN(S(C)=O)CC5)cc4Cl)CC3C2)nc1. The molecule has 34 heavy (non-hydrogen) atoms. The molecule has 0 bridgehead atoms. The van der Waals surface area contributed by atoms with E-state index < -0.39 is 11.0 Å². The molecule has 3 aliphatic rings. The number of benzene rings is 1. The second-order valence-electron chi connectivity index (χ2n) is 9.77. The van der Waals surface area contributed by atoms with Gasteiger partial charge in [-0.15, -0.1) is 0 Å². The molecule has 1 aliphatic carbocycles. The first-order valence-corrected chi connectivity index (χ1v) is 14.2. The summed E-state index contributed by atoms with van der Waals surface area (Å²) in [6, 6.07) is 6.19. The van der Waals surface area contributed by atoms with E-state index >= 15 is 0 Å². The van der Waals surface area contributed by atoms with Crippen molar-refractivity contribution in [2.24, 2.45) is 11.8 Å². The molecule has 3 fully saturated rings. The summed E-state index contributed by atoms with van der Waals surface area (Å²) in [5.74, 6) is 2.88. The van der Waals surface area contributed by atoms with E-state index in [4.69, 9.17) is 16.3 Å². The summed E-state index contributed by atoms with van der Waals surface area (Å²) < 4.78 is 20.0. The average Bonchev–Trinajstić information content (AvgIpc) is 3.40. The third-order valence-corrected chi connectivity index (χ3v) is 8.87. The lowest BCUT2D eigenvalue weighted by atomic mass is 10.0. The molecule has 9 heteroatoms. The Morgan fingerprint density at radius 1 is 1.06 bits per heavy atom. The van der Waals surface area contributed by atoms with Gasteiger partial charge in [-0.1, -0.05) is 24.6 Å². The van der Waals surface area contributed by atoms with E-state index in [2.05, 4.69) is 32.8 Å². The van der Waals surface area contributed by atoms with E-state index in [0.29, 0.717) is 16.9 Å². The Bertz CT molecular complexity index is 1000. The second-order valence-corrected chi connectivity index (χ2v) is 11.5. The number of anilines is 1. The quantitative estimate of drug-likeness (QED) is 0.577. The lowest BCUT2D eigenvalue weighted by Crippen LogP contribution is -2.46. The molecule has 5 rings (SSSR count). The van der Waals surface area contributed by atoms with Gasteiger partial charge < -0.3 is 9.64 Å². The van der Waals surface area contributed by atoms with Crippen molar-refractivity contribution in [3.05, 3.63) is 46.7 Å². The molecule has 0 radical (unpaired) electrons. The first-order chi connectivity index (χ1) is 16.5. The van der Waals surface area contributed by atoms with Crippen LogP contribution in [0.3, 0.4) is 0 Å². The Labute approximate surface area is 210 Å². The molecule has 3 unspecified atom stereocenters. The van der Waals surface area contributed by atoms with Gasteiger partial charge in [-0.2, -0.15) is 0 Å². The molecule has 0 amide bonds. The molecule has 3 atom stereocenters. The van der Waals surface area contributed by atoms with Gasteiger partial charge in [0.2, 0.25) is 5.95 Å². The van der Waals surface area contributed by atoms with Crippen LogP contribution in [0.1, 0.15) is 30.9 Å². The maximum atomic E-state index is 11.6. The minimum absolute atomic E-state index is 0.215. The Hall–Kier alpha value is -1.74.